The molecule has 0 atom stereocenters. The molecule has 10 nitrogen and oxygen atoms in total. The van der Waals surface area contributed by atoms with E-state index in [9.17, 15) is 19.2 Å². The molecule has 0 radical (unpaired) electrons. The number of rotatable bonds is 16. The number of hydrogen-bond acceptors (Lipinski definition) is 10. The second-order valence-corrected chi connectivity index (χ2v) is 15.9. The highest BCUT2D eigenvalue weighted by Gasteiger charge is 2.32. The van der Waals surface area contributed by atoms with Gasteiger partial charge in [-0.1, -0.05) is 72.8 Å². The molecular weight excluding hydrogens is 753 g/mol. The van der Waals surface area contributed by atoms with Crippen LogP contribution in [0.25, 0.3) is 0 Å². The van der Waals surface area contributed by atoms with Gasteiger partial charge in [0.25, 0.3) is 0 Å². The molecule has 2 aliphatic rings. The number of esters is 2. The van der Waals surface area contributed by atoms with E-state index in [1.807, 2.05) is 143 Å². The molecule has 10 heteroatoms. The number of benzene rings is 5. The SMILES string of the molecule is CC(=O)C1CCC(C(=O)Oc2cc(CNN(c3ccccc3)c3ccccc3)c(OC(=O)C3CCC(C(C)=O)CC3)cc2CNN(c2ccccc2)c2ccccc2)CC1. The number of carbonyl (C=O) groups is 4. The van der Waals surface area contributed by atoms with Gasteiger partial charge in [-0.25, -0.2) is 10.9 Å². The predicted molar refractivity (Wildman–Crippen MR) is 234 cm³/mol. The Morgan fingerprint density at radius 3 is 0.983 bits per heavy atom. The molecule has 7 rings (SSSR count). The third kappa shape index (κ3) is 10.7. The second-order valence-electron chi connectivity index (χ2n) is 15.9. The molecule has 0 heterocycles. The maximum atomic E-state index is 14.0. The number of Topliss-reactive ketones (excluding diaryl/α,β-unsaturated/α-hetero) is 2. The van der Waals surface area contributed by atoms with Gasteiger partial charge in [-0.3, -0.25) is 29.2 Å². The molecule has 0 unspecified atom stereocenters. The van der Waals surface area contributed by atoms with E-state index in [1.165, 1.54) is 0 Å². The molecule has 0 aliphatic heterocycles. The lowest BCUT2D eigenvalue weighted by molar-refractivity contribution is -0.142. The van der Waals surface area contributed by atoms with Crippen LogP contribution in [-0.2, 0) is 32.3 Å². The number of nitrogens with one attached hydrogen (secondary N) is 2. The first-order valence-corrected chi connectivity index (χ1v) is 21.1. The summed E-state index contributed by atoms with van der Waals surface area (Å²) in [5.41, 5.74) is 12.0. The van der Waals surface area contributed by atoms with Crippen molar-refractivity contribution in [2.45, 2.75) is 78.3 Å². The maximum absolute atomic E-state index is 14.0. The summed E-state index contributed by atoms with van der Waals surface area (Å²) in [6.07, 6.45) is 4.91. The van der Waals surface area contributed by atoms with Gasteiger partial charge in [0.2, 0.25) is 0 Å². The molecule has 5 aromatic carbocycles. The molecular formula is C50H54N4O6. The minimum absolute atomic E-state index is 0.0305. The summed E-state index contributed by atoms with van der Waals surface area (Å²) >= 11 is 0. The van der Waals surface area contributed by atoms with Gasteiger partial charge in [-0.15, -0.1) is 0 Å². The molecule has 2 fully saturated rings. The highest BCUT2D eigenvalue weighted by molar-refractivity contribution is 5.81. The lowest BCUT2D eigenvalue weighted by Crippen LogP contribution is -2.34. The summed E-state index contributed by atoms with van der Waals surface area (Å²) in [6, 6.07) is 43.3. The van der Waals surface area contributed by atoms with E-state index < -0.39 is 0 Å². The highest BCUT2D eigenvalue weighted by atomic mass is 16.5. The van der Waals surface area contributed by atoms with Crippen molar-refractivity contribution in [3.8, 4) is 11.5 Å². The number of ether oxygens (including phenoxy) is 2. The van der Waals surface area contributed by atoms with Crippen molar-refractivity contribution in [3.63, 3.8) is 0 Å². The van der Waals surface area contributed by atoms with Crippen molar-refractivity contribution in [1.29, 1.82) is 0 Å². The first-order valence-electron chi connectivity index (χ1n) is 21.1. The van der Waals surface area contributed by atoms with Crippen molar-refractivity contribution in [2.24, 2.45) is 23.7 Å². The van der Waals surface area contributed by atoms with Gasteiger partial charge in [-0.05, 0) is 126 Å². The van der Waals surface area contributed by atoms with Crippen molar-refractivity contribution >= 4 is 46.3 Å². The van der Waals surface area contributed by atoms with E-state index in [1.54, 1.807) is 13.8 Å². The van der Waals surface area contributed by atoms with Crippen molar-refractivity contribution in [2.75, 3.05) is 10.0 Å². The van der Waals surface area contributed by atoms with Gasteiger partial charge in [-0.2, -0.15) is 0 Å². The van der Waals surface area contributed by atoms with Crippen LogP contribution < -0.4 is 30.3 Å². The van der Waals surface area contributed by atoms with Gasteiger partial charge in [0.1, 0.15) is 23.1 Å². The normalized spacial score (nSPS) is 18.8. The third-order valence-electron chi connectivity index (χ3n) is 11.8. The summed E-state index contributed by atoms with van der Waals surface area (Å²) in [5, 5.41) is 3.95. The number of hydrazine groups is 2. The average Bonchev–Trinajstić information content (AvgIpc) is 3.29. The zero-order valence-corrected chi connectivity index (χ0v) is 34.4. The first kappa shape index (κ1) is 42.0. The largest absolute Gasteiger partial charge is 0.426 e. The van der Waals surface area contributed by atoms with Gasteiger partial charge >= 0.3 is 11.9 Å². The zero-order valence-electron chi connectivity index (χ0n) is 34.4. The molecule has 2 saturated carbocycles. The number of ketones is 2. The summed E-state index contributed by atoms with van der Waals surface area (Å²) in [5.74, 6) is -0.418. The Hall–Kier alpha value is -6.10. The predicted octanol–water partition coefficient (Wildman–Crippen LogP) is 9.97. The van der Waals surface area contributed by atoms with Crippen LogP contribution in [-0.4, -0.2) is 23.5 Å². The van der Waals surface area contributed by atoms with Crippen molar-refractivity contribution < 1.29 is 28.7 Å². The molecule has 0 amide bonds. The Morgan fingerprint density at radius 1 is 0.450 bits per heavy atom. The molecule has 0 saturated heterocycles. The number of para-hydroxylation sites is 4. The Morgan fingerprint density at radius 2 is 0.717 bits per heavy atom. The Labute approximate surface area is 352 Å². The Bertz CT molecular complexity index is 1970. The monoisotopic (exact) mass is 806 g/mol. The van der Waals surface area contributed by atoms with Crippen LogP contribution in [0.5, 0.6) is 11.5 Å². The second kappa shape index (κ2) is 20.2. The van der Waals surface area contributed by atoms with Crippen LogP contribution in [0.15, 0.2) is 133 Å². The Kier molecular flexibility index (Phi) is 14.2. The van der Waals surface area contributed by atoms with E-state index in [4.69, 9.17) is 9.47 Å². The van der Waals surface area contributed by atoms with Crippen LogP contribution in [0.4, 0.5) is 22.7 Å². The molecule has 0 spiro atoms. The number of carbonyl (C=O) groups excluding carboxylic acids is 4. The summed E-state index contributed by atoms with van der Waals surface area (Å²) < 4.78 is 12.7. The van der Waals surface area contributed by atoms with Gasteiger partial charge in [0, 0.05) is 36.1 Å². The number of anilines is 4. The third-order valence-corrected chi connectivity index (χ3v) is 11.8. The fourth-order valence-corrected chi connectivity index (χ4v) is 8.27. The van der Waals surface area contributed by atoms with Crippen LogP contribution in [0.3, 0.4) is 0 Å². The van der Waals surface area contributed by atoms with Crippen molar-refractivity contribution in [3.05, 3.63) is 145 Å². The number of nitrogens with zero attached hydrogens (tertiary/aromatic N) is 2. The van der Waals surface area contributed by atoms with Crippen molar-refractivity contribution in [1.82, 2.24) is 10.9 Å². The first-order chi connectivity index (χ1) is 29.2. The van der Waals surface area contributed by atoms with Crippen LogP contribution in [0.1, 0.15) is 76.3 Å². The molecule has 310 valence electrons. The molecule has 0 aromatic heterocycles. The van der Waals surface area contributed by atoms with E-state index in [2.05, 4.69) is 10.9 Å². The van der Waals surface area contributed by atoms with E-state index in [-0.39, 0.29) is 60.3 Å². The molecule has 2 aliphatic carbocycles. The van der Waals surface area contributed by atoms with Crippen LogP contribution >= 0.6 is 0 Å². The van der Waals surface area contributed by atoms with Gasteiger partial charge in [0.15, 0.2) is 0 Å². The zero-order chi connectivity index (χ0) is 41.8. The lowest BCUT2D eigenvalue weighted by atomic mass is 9.80. The fourth-order valence-electron chi connectivity index (χ4n) is 8.27. The summed E-state index contributed by atoms with van der Waals surface area (Å²) in [7, 11) is 0. The van der Waals surface area contributed by atoms with E-state index in [0.717, 1.165) is 22.7 Å². The quantitative estimate of drug-likeness (QED) is 0.0567. The topological polar surface area (TPSA) is 117 Å². The van der Waals surface area contributed by atoms with Gasteiger partial charge < -0.3 is 9.47 Å². The minimum atomic E-state index is -0.345. The maximum Gasteiger partial charge on any atom is 0.314 e. The van der Waals surface area contributed by atoms with Gasteiger partial charge in [0.05, 0.1) is 34.6 Å². The molecule has 5 aromatic rings. The van der Waals surface area contributed by atoms with Crippen LogP contribution in [0.2, 0.25) is 0 Å². The summed E-state index contributed by atoms with van der Waals surface area (Å²) in [6.45, 7) is 3.67. The highest BCUT2D eigenvalue weighted by Crippen LogP contribution is 2.37. The molecule has 2 N–H and O–H groups in total. The minimum Gasteiger partial charge on any atom is -0.426 e. The molecule has 60 heavy (non-hydrogen) atoms. The van der Waals surface area contributed by atoms with Crippen LogP contribution in [0, 0.1) is 23.7 Å². The molecule has 0 bridgehead atoms. The smallest absolute Gasteiger partial charge is 0.314 e. The fraction of sp³-hybridized carbons (Fsp3) is 0.320. The summed E-state index contributed by atoms with van der Waals surface area (Å²) in [4.78, 5) is 52.3. The Balaban J connectivity index is 1.25. The standard InChI is InChI=1S/C50H54N4O6/c1-35(55)37-23-27-39(28-24-37)49(57)59-47-31-42(34-52-54(45-19-11-5-12-20-45)46-21-13-6-14-22-46)48(60-50(58)40-29-25-38(26-30-40)36(2)56)32-41(47)33-51-53(43-15-7-3-8-16-43)44-17-9-4-10-18-44/h3-22,31-32,37-40,51-52H,23-30,33-34H2,1-2H3. The van der Waals surface area contributed by atoms with E-state index in [0.29, 0.717) is 74.0 Å². The number of hydrogen-bond donors (Lipinski definition) is 2. The lowest BCUT2D eigenvalue weighted by Gasteiger charge is -2.29. The average molecular weight is 807 g/mol. The van der Waals surface area contributed by atoms with E-state index >= 15 is 0 Å².